The number of aliphatic carboxylic acids is 1. The summed E-state index contributed by atoms with van der Waals surface area (Å²) in [7, 11) is 0. The molecule has 0 amide bonds. The van der Waals surface area contributed by atoms with Gasteiger partial charge in [0.1, 0.15) is 0 Å². The Morgan fingerprint density at radius 2 is 1.67 bits per heavy atom. The van der Waals surface area contributed by atoms with Crippen molar-refractivity contribution in [2.75, 3.05) is 0 Å². The predicted molar refractivity (Wildman–Crippen MR) is 52.1 cm³/mol. The highest BCUT2D eigenvalue weighted by atomic mass is 19.4. The lowest BCUT2D eigenvalue weighted by molar-refractivity contribution is -0.293. The molecule has 1 saturated carbocycles. The third-order valence-corrected chi connectivity index (χ3v) is 3.42. The van der Waals surface area contributed by atoms with Crippen molar-refractivity contribution in [3.8, 4) is 0 Å². The van der Waals surface area contributed by atoms with E-state index in [0.29, 0.717) is 0 Å². The number of alkyl halides is 5. The van der Waals surface area contributed by atoms with Crippen LogP contribution < -0.4 is 5.73 Å². The van der Waals surface area contributed by atoms with Gasteiger partial charge in [0.25, 0.3) is 0 Å². The molecule has 0 aliphatic heterocycles. The van der Waals surface area contributed by atoms with Crippen LogP contribution in [0, 0.1) is 5.41 Å². The SMILES string of the molecule is NC1CCC(CC(F)(F)C(F)(F)F)(C(=O)O)CC1. The third-order valence-electron chi connectivity index (χ3n) is 3.42. The number of hydrogen-bond acceptors (Lipinski definition) is 2. The Morgan fingerprint density at radius 1 is 1.22 bits per heavy atom. The molecule has 0 atom stereocenters. The number of carboxylic acids is 1. The van der Waals surface area contributed by atoms with E-state index in [1.165, 1.54) is 0 Å². The van der Waals surface area contributed by atoms with Gasteiger partial charge in [-0.3, -0.25) is 4.79 Å². The Labute approximate surface area is 100 Å². The Bertz CT molecular complexity index is 321. The summed E-state index contributed by atoms with van der Waals surface area (Å²) >= 11 is 0. The average molecular weight is 275 g/mol. The monoisotopic (exact) mass is 275 g/mol. The molecule has 1 aliphatic rings. The van der Waals surface area contributed by atoms with E-state index in [4.69, 9.17) is 10.8 Å². The van der Waals surface area contributed by atoms with Gasteiger partial charge in [-0.25, -0.2) is 0 Å². The zero-order chi connectivity index (χ0) is 14.2. The quantitative estimate of drug-likeness (QED) is 0.778. The Kier molecular flexibility index (Phi) is 3.90. The van der Waals surface area contributed by atoms with Crippen molar-refractivity contribution < 1.29 is 31.9 Å². The number of hydrogen-bond donors (Lipinski definition) is 2. The summed E-state index contributed by atoms with van der Waals surface area (Å²) in [5.74, 6) is -6.61. The maximum absolute atomic E-state index is 13.0. The highest BCUT2D eigenvalue weighted by Crippen LogP contribution is 2.49. The van der Waals surface area contributed by atoms with Crippen LogP contribution in [-0.4, -0.2) is 29.2 Å². The van der Waals surface area contributed by atoms with E-state index in [0.717, 1.165) is 0 Å². The number of halogens is 5. The molecule has 18 heavy (non-hydrogen) atoms. The fourth-order valence-electron chi connectivity index (χ4n) is 2.18. The Balaban J connectivity index is 2.92. The highest BCUT2D eigenvalue weighted by molar-refractivity contribution is 5.75. The normalized spacial score (nSPS) is 30.2. The van der Waals surface area contributed by atoms with E-state index in [9.17, 15) is 26.7 Å². The first kappa shape index (κ1) is 15.1. The largest absolute Gasteiger partial charge is 0.481 e. The summed E-state index contributed by atoms with van der Waals surface area (Å²) < 4.78 is 62.4. The lowest BCUT2D eigenvalue weighted by Gasteiger charge is -2.38. The van der Waals surface area contributed by atoms with Gasteiger partial charge in [-0.2, -0.15) is 22.0 Å². The molecule has 0 saturated heterocycles. The van der Waals surface area contributed by atoms with E-state index in [2.05, 4.69) is 0 Å². The van der Waals surface area contributed by atoms with Crippen LogP contribution in [-0.2, 0) is 4.79 Å². The number of nitrogens with two attached hydrogens (primary N) is 1. The van der Waals surface area contributed by atoms with Crippen molar-refractivity contribution in [3.63, 3.8) is 0 Å². The van der Waals surface area contributed by atoms with Gasteiger partial charge in [0.05, 0.1) is 5.41 Å². The first-order valence-electron chi connectivity index (χ1n) is 5.44. The topological polar surface area (TPSA) is 63.3 Å². The molecular weight excluding hydrogens is 261 g/mol. The van der Waals surface area contributed by atoms with Crippen LogP contribution in [0.25, 0.3) is 0 Å². The van der Waals surface area contributed by atoms with Gasteiger partial charge in [0, 0.05) is 12.5 Å². The first-order valence-corrected chi connectivity index (χ1v) is 5.44. The summed E-state index contributed by atoms with van der Waals surface area (Å²) in [6, 6.07) is -0.336. The van der Waals surface area contributed by atoms with Gasteiger partial charge in [-0.15, -0.1) is 0 Å². The van der Waals surface area contributed by atoms with Gasteiger partial charge in [0.15, 0.2) is 0 Å². The summed E-state index contributed by atoms with van der Waals surface area (Å²) in [6.45, 7) is 0. The number of carboxylic acid groups (broad SMARTS) is 1. The van der Waals surface area contributed by atoms with Crippen LogP contribution in [0.15, 0.2) is 0 Å². The molecule has 0 aromatic heterocycles. The molecule has 3 N–H and O–H groups in total. The van der Waals surface area contributed by atoms with Crippen LogP contribution in [0.3, 0.4) is 0 Å². The maximum atomic E-state index is 13.0. The van der Waals surface area contributed by atoms with E-state index < -0.39 is 29.9 Å². The summed E-state index contributed by atoms with van der Waals surface area (Å²) in [5.41, 5.74) is 3.47. The number of rotatable bonds is 3. The molecular formula is C10H14F5NO2. The van der Waals surface area contributed by atoms with Crippen LogP contribution >= 0.6 is 0 Å². The molecule has 1 fully saturated rings. The van der Waals surface area contributed by atoms with Crippen molar-refractivity contribution in [1.82, 2.24) is 0 Å². The van der Waals surface area contributed by atoms with Crippen molar-refractivity contribution in [1.29, 1.82) is 0 Å². The summed E-state index contributed by atoms with van der Waals surface area (Å²) in [5, 5.41) is 8.96. The van der Waals surface area contributed by atoms with Crippen LogP contribution in [0.4, 0.5) is 22.0 Å². The molecule has 8 heteroatoms. The molecule has 0 spiro atoms. The van der Waals surface area contributed by atoms with Crippen molar-refractivity contribution in [2.24, 2.45) is 11.1 Å². The lowest BCUT2D eigenvalue weighted by atomic mass is 9.69. The average Bonchev–Trinajstić information content (AvgIpc) is 2.19. The molecule has 3 nitrogen and oxygen atoms in total. The Hall–Kier alpha value is -0.920. The van der Waals surface area contributed by atoms with Crippen LogP contribution in [0.2, 0.25) is 0 Å². The Morgan fingerprint density at radius 3 is 2.00 bits per heavy atom. The number of carbonyl (C=O) groups is 1. The van der Waals surface area contributed by atoms with E-state index in [1.807, 2.05) is 0 Å². The van der Waals surface area contributed by atoms with Gasteiger partial charge < -0.3 is 10.8 Å². The first-order chi connectivity index (χ1) is 8.00. The zero-order valence-electron chi connectivity index (χ0n) is 9.44. The van der Waals surface area contributed by atoms with Gasteiger partial charge >= 0.3 is 18.1 Å². The predicted octanol–water partition coefficient (Wildman–Crippen LogP) is 2.55. The molecule has 0 bridgehead atoms. The van der Waals surface area contributed by atoms with Crippen LogP contribution in [0.1, 0.15) is 32.1 Å². The van der Waals surface area contributed by atoms with Gasteiger partial charge in [0.2, 0.25) is 0 Å². The third kappa shape index (κ3) is 2.90. The van der Waals surface area contributed by atoms with Crippen LogP contribution in [0.5, 0.6) is 0 Å². The molecule has 0 aromatic rings. The summed E-state index contributed by atoms with van der Waals surface area (Å²) in [4.78, 5) is 11.0. The van der Waals surface area contributed by atoms with E-state index in [1.54, 1.807) is 0 Å². The van der Waals surface area contributed by atoms with Crippen molar-refractivity contribution >= 4 is 5.97 Å². The molecule has 0 unspecified atom stereocenters. The molecule has 0 radical (unpaired) electrons. The van der Waals surface area contributed by atoms with Gasteiger partial charge in [-0.1, -0.05) is 0 Å². The van der Waals surface area contributed by atoms with E-state index in [-0.39, 0.29) is 31.7 Å². The smallest absolute Gasteiger partial charge is 0.453 e. The lowest BCUT2D eigenvalue weighted by Crippen LogP contribution is -2.47. The minimum atomic E-state index is -5.73. The minimum Gasteiger partial charge on any atom is -0.481 e. The standard InChI is InChI=1S/C10H14F5NO2/c11-9(12,10(13,14)15)5-8(7(17)18)3-1-6(16)2-4-8/h6H,1-5,16H2,(H,17,18). The minimum absolute atomic E-state index is 0.139. The van der Waals surface area contributed by atoms with Crippen molar-refractivity contribution in [3.05, 3.63) is 0 Å². The molecule has 0 aromatic carbocycles. The van der Waals surface area contributed by atoms with Gasteiger partial charge in [-0.05, 0) is 25.7 Å². The summed E-state index contributed by atoms with van der Waals surface area (Å²) in [6.07, 6.45) is -7.68. The zero-order valence-corrected chi connectivity index (χ0v) is 9.44. The van der Waals surface area contributed by atoms with E-state index >= 15 is 0 Å². The maximum Gasteiger partial charge on any atom is 0.453 e. The molecule has 0 heterocycles. The second kappa shape index (κ2) is 4.64. The second-order valence-electron chi connectivity index (χ2n) is 4.80. The molecule has 1 aliphatic carbocycles. The molecule has 106 valence electrons. The fourth-order valence-corrected chi connectivity index (χ4v) is 2.18. The van der Waals surface area contributed by atoms with Crippen molar-refractivity contribution in [2.45, 2.75) is 50.2 Å². The molecule has 1 rings (SSSR count). The highest BCUT2D eigenvalue weighted by Gasteiger charge is 2.62. The second-order valence-corrected chi connectivity index (χ2v) is 4.80. The fraction of sp³-hybridized carbons (Fsp3) is 0.900.